The number of hydrogen-bond acceptors (Lipinski definition) is 3. The quantitative estimate of drug-likeness (QED) is 0.579. The number of amides is 2. The Morgan fingerprint density at radius 2 is 1.30 bits per heavy atom. The minimum atomic E-state index is -0.528. The molecule has 30 heavy (non-hydrogen) atoms. The summed E-state index contributed by atoms with van der Waals surface area (Å²) in [6.45, 7) is 4.76. The van der Waals surface area contributed by atoms with Crippen molar-refractivity contribution < 1.29 is 14.3 Å². The van der Waals surface area contributed by atoms with E-state index in [0.717, 1.165) is 11.1 Å². The predicted octanol–water partition coefficient (Wildman–Crippen LogP) is 4.31. The predicted molar refractivity (Wildman–Crippen MR) is 117 cm³/mol. The second kappa shape index (κ2) is 10.3. The Morgan fingerprint density at radius 1 is 0.767 bits per heavy atom. The molecule has 3 aromatic carbocycles. The SMILES string of the molecule is CC(C)COc1ccc(C(=O)NNC(=O)C(c2ccccc2)c2ccccc2)cc1. The van der Waals surface area contributed by atoms with Crippen LogP contribution in [0.3, 0.4) is 0 Å². The molecule has 0 bridgehead atoms. The summed E-state index contributed by atoms with van der Waals surface area (Å²) in [5.74, 6) is -0.0985. The molecule has 0 saturated carbocycles. The molecule has 0 aliphatic heterocycles. The van der Waals surface area contributed by atoms with E-state index in [-0.39, 0.29) is 5.91 Å². The van der Waals surface area contributed by atoms with Crippen LogP contribution in [0.15, 0.2) is 84.9 Å². The molecule has 0 fully saturated rings. The summed E-state index contributed by atoms with van der Waals surface area (Å²) in [7, 11) is 0. The van der Waals surface area contributed by atoms with Crippen LogP contribution >= 0.6 is 0 Å². The van der Waals surface area contributed by atoms with Gasteiger partial charge in [-0.2, -0.15) is 0 Å². The third kappa shape index (κ3) is 5.70. The van der Waals surface area contributed by atoms with Crippen LogP contribution in [0.2, 0.25) is 0 Å². The van der Waals surface area contributed by atoms with Crippen LogP contribution in [0, 0.1) is 5.92 Å². The average molecular weight is 402 g/mol. The topological polar surface area (TPSA) is 67.4 Å². The van der Waals surface area contributed by atoms with Gasteiger partial charge >= 0.3 is 0 Å². The Morgan fingerprint density at radius 3 is 1.80 bits per heavy atom. The van der Waals surface area contributed by atoms with E-state index in [1.165, 1.54) is 0 Å². The molecule has 0 radical (unpaired) electrons. The van der Waals surface area contributed by atoms with Gasteiger partial charge in [-0.25, -0.2) is 0 Å². The highest BCUT2D eigenvalue weighted by Gasteiger charge is 2.23. The van der Waals surface area contributed by atoms with Crippen molar-refractivity contribution in [2.45, 2.75) is 19.8 Å². The minimum absolute atomic E-state index is 0.308. The fourth-order valence-electron chi connectivity index (χ4n) is 3.01. The van der Waals surface area contributed by atoms with Crippen LogP contribution in [0.1, 0.15) is 41.3 Å². The molecule has 5 heteroatoms. The lowest BCUT2D eigenvalue weighted by Gasteiger charge is -2.18. The molecule has 0 unspecified atom stereocenters. The van der Waals surface area contributed by atoms with Gasteiger partial charge in [0.25, 0.3) is 5.91 Å². The van der Waals surface area contributed by atoms with E-state index in [1.54, 1.807) is 24.3 Å². The van der Waals surface area contributed by atoms with E-state index >= 15 is 0 Å². The Hall–Kier alpha value is -3.60. The molecule has 5 nitrogen and oxygen atoms in total. The summed E-state index contributed by atoms with van der Waals surface area (Å²) in [6, 6.07) is 25.8. The third-order valence-electron chi connectivity index (χ3n) is 4.53. The maximum atomic E-state index is 12.9. The monoisotopic (exact) mass is 402 g/mol. The summed E-state index contributed by atoms with van der Waals surface area (Å²) in [5.41, 5.74) is 7.20. The summed E-state index contributed by atoms with van der Waals surface area (Å²) in [4.78, 5) is 25.4. The van der Waals surface area contributed by atoms with Crippen LogP contribution in [0.5, 0.6) is 5.75 Å². The van der Waals surface area contributed by atoms with Gasteiger partial charge in [-0.05, 0) is 41.3 Å². The first-order valence-corrected chi connectivity index (χ1v) is 9.97. The van der Waals surface area contributed by atoms with Gasteiger partial charge in [-0.15, -0.1) is 0 Å². The number of rotatable bonds is 7. The smallest absolute Gasteiger partial charge is 0.269 e. The maximum absolute atomic E-state index is 12.9. The lowest BCUT2D eigenvalue weighted by molar-refractivity contribution is -0.122. The van der Waals surface area contributed by atoms with Crippen molar-refractivity contribution in [2.75, 3.05) is 6.61 Å². The van der Waals surface area contributed by atoms with Crippen molar-refractivity contribution in [1.29, 1.82) is 0 Å². The molecule has 2 N–H and O–H groups in total. The van der Waals surface area contributed by atoms with E-state index < -0.39 is 11.8 Å². The first kappa shape index (κ1) is 21.1. The standard InChI is InChI=1S/C25H26N2O3/c1-18(2)17-30-22-15-13-21(14-16-22)24(28)26-27-25(29)23(19-9-5-3-6-10-19)20-11-7-4-8-12-20/h3-16,18,23H,17H2,1-2H3,(H,26,28)(H,27,29). The largest absolute Gasteiger partial charge is 0.493 e. The van der Waals surface area contributed by atoms with E-state index in [2.05, 4.69) is 24.7 Å². The number of ether oxygens (including phenoxy) is 1. The number of benzene rings is 3. The Balaban J connectivity index is 1.66. The molecule has 0 aromatic heterocycles. The van der Waals surface area contributed by atoms with E-state index in [4.69, 9.17) is 4.74 Å². The van der Waals surface area contributed by atoms with Crippen molar-refractivity contribution in [3.63, 3.8) is 0 Å². The molecule has 0 saturated heterocycles. The molecule has 0 spiro atoms. The number of carbonyl (C=O) groups is 2. The molecule has 3 rings (SSSR count). The van der Waals surface area contributed by atoms with Crippen LogP contribution in [-0.2, 0) is 4.79 Å². The highest BCUT2D eigenvalue weighted by Crippen LogP contribution is 2.24. The second-order valence-corrected chi connectivity index (χ2v) is 7.43. The van der Waals surface area contributed by atoms with E-state index in [9.17, 15) is 9.59 Å². The minimum Gasteiger partial charge on any atom is -0.493 e. The highest BCUT2D eigenvalue weighted by molar-refractivity contribution is 5.96. The Kier molecular flexibility index (Phi) is 7.22. The number of hydrogen-bond donors (Lipinski definition) is 2. The lowest BCUT2D eigenvalue weighted by Crippen LogP contribution is -2.44. The summed E-state index contributed by atoms with van der Waals surface area (Å²) in [5, 5.41) is 0. The third-order valence-corrected chi connectivity index (χ3v) is 4.53. The van der Waals surface area contributed by atoms with Crippen molar-refractivity contribution in [2.24, 2.45) is 5.92 Å². The summed E-state index contributed by atoms with van der Waals surface area (Å²) in [6.07, 6.45) is 0. The normalized spacial score (nSPS) is 10.7. The molecule has 3 aromatic rings. The molecule has 0 heterocycles. The van der Waals surface area contributed by atoms with Crippen molar-refractivity contribution >= 4 is 11.8 Å². The molecule has 0 aliphatic rings. The van der Waals surface area contributed by atoms with Gasteiger partial charge in [0.2, 0.25) is 5.91 Å². The first-order valence-electron chi connectivity index (χ1n) is 9.97. The number of nitrogens with one attached hydrogen (secondary N) is 2. The summed E-state index contributed by atoms with van der Waals surface area (Å²) < 4.78 is 5.63. The van der Waals surface area contributed by atoms with Gasteiger partial charge in [-0.3, -0.25) is 20.4 Å². The Labute approximate surface area is 177 Å². The first-order chi connectivity index (χ1) is 14.5. The number of hydrazine groups is 1. The van der Waals surface area contributed by atoms with Gasteiger partial charge in [0.15, 0.2) is 0 Å². The van der Waals surface area contributed by atoms with Gasteiger partial charge < -0.3 is 4.74 Å². The van der Waals surface area contributed by atoms with Crippen LogP contribution < -0.4 is 15.6 Å². The van der Waals surface area contributed by atoms with Crippen molar-refractivity contribution in [1.82, 2.24) is 10.9 Å². The fourth-order valence-corrected chi connectivity index (χ4v) is 3.01. The van der Waals surface area contributed by atoms with Crippen LogP contribution in [-0.4, -0.2) is 18.4 Å². The molecule has 2 amide bonds. The Bertz CT molecular complexity index is 915. The highest BCUT2D eigenvalue weighted by atomic mass is 16.5. The van der Waals surface area contributed by atoms with Crippen molar-refractivity contribution in [3.8, 4) is 5.75 Å². The zero-order valence-electron chi connectivity index (χ0n) is 17.2. The van der Waals surface area contributed by atoms with Crippen LogP contribution in [0.25, 0.3) is 0 Å². The fraction of sp³-hybridized carbons (Fsp3) is 0.200. The second-order valence-electron chi connectivity index (χ2n) is 7.43. The molecule has 0 atom stereocenters. The van der Waals surface area contributed by atoms with Crippen LogP contribution in [0.4, 0.5) is 0 Å². The zero-order chi connectivity index (χ0) is 21.3. The zero-order valence-corrected chi connectivity index (χ0v) is 17.2. The molecular formula is C25H26N2O3. The molecule has 154 valence electrons. The summed E-state index contributed by atoms with van der Waals surface area (Å²) >= 11 is 0. The van der Waals surface area contributed by atoms with Gasteiger partial charge in [0.05, 0.1) is 12.5 Å². The maximum Gasteiger partial charge on any atom is 0.269 e. The van der Waals surface area contributed by atoms with E-state index in [1.807, 2.05) is 60.7 Å². The van der Waals surface area contributed by atoms with Gasteiger partial charge in [0.1, 0.15) is 5.75 Å². The lowest BCUT2D eigenvalue weighted by atomic mass is 9.91. The van der Waals surface area contributed by atoms with Gasteiger partial charge in [0, 0.05) is 5.56 Å². The van der Waals surface area contributed by atoms with E-state index in [0.29, 0.717) is 23.8 Å². The van der Waals surface area contributed by atoms with Gasteiger partial charge in [-0.1, -0.05) is 74.5 Å². The molecular weight excluding hydrogens is 376 g/mol. The number of carbonyl (C=O) groups excluding carboxylic acids is 2. The van der Waals surface area contributed by atoms with Crippen molar-refractivity contribution in [3.05, 3.63) is 102 Å². The average Bonchev–Trinajstić information content (AvgIpc) is 2.78. The molecule has 0 aliphatic carbocycles.